The van der Waals surface area contributed by atoms with Crippen LogP contribution in [0.5, 0.6) is 0 Å². The van der Waals surface area contributed by atoms with Crippen LogP contribution in [0.25, 0.3) is 0 Å². The SMILES string of the molecule is O=C(O)C1CC(NC2CC2)CCO1. The molecule has 0 aromatic rings. The number of carboxylic acids is 1. The van der Waals surface area contributed by atoms with E-state index < -0.39 is 12.1 Å². The Balaban J connectivity index is 1.80. The molecule has 0 amide bonds. The minimum Gasteiger partial charge on any atom is -0.479 e. The van der Waals surface area contributed by atoms with Crippen LogP contribution >= 0.6 is 0 Å². The van der Waals surface area contributed by atoms with Gasteiger partial charge in [-0.3, -0.25) is 0 Å². The van der Waals surface area contributed by atoms with Gasteiger partial charge in [-0.25, -0.2) is 4.79 Å². The van der Waals surface area contributed by atoms with E-state index in [2.05, 4.69) is 5.32 Å². The molecule has 0 bridgehead atoms. The smallest absolute Gasteiger partial charge is 0.332 e. The third-order valence-corrected chi connectivity index (χ3v) is 2.61. The predicted octanol–water partition coefficient (Wildman–Crippen LogP) is 0.371. The first kappa shape index (κ1) is 8.97. The van der Waals surface area contributed by atoms with Crippen LogP contribution in [-0.2, 0) is 9.53 Å². The molecule has 0 aromatic carbocycles. The van der Waals surface area contributed by atoms with E-state index in [0.29, 0.717) is 25.1 Å². The highest BCUT2D eigenvalue weighted by Gasteiger charge is 2.31. The zero-order valence-electron chi connectivity index (χ0n) is 7.53. The van der Waals surface area contributed by atoms with Gasteiger partial charge >= 0.3 is 5.97 Å². The third-order valence-electron chi connectivity index (χ3n) is 2.61. The zero-order valence-corrected chi connectivity index (χ0v) is 7.53. The van der Waals surface area contributed by atoms with Crippen LogP contribution in [0, 0.1) is 0 Å². The molecule has 2 fully saturated rings. The quantitative estimate of drug-likeness (QED) is 0.667. The molecule has 0 radical (unpaired) electrons. The molecule has 2 unspecified atom stereocenters. The lowest BCUT2D eigenvalue weighted by Crippen LogP contribution is -2.42. The Morgan fingerprint density at radius 2 is 2.08 bits per heavy atom. The fraction of sp³-hybridized carbons (Fsp3) is 0.889. The van der Waals surface area contributed by atoms with Crippen molar-refractivity contribution in [2.45, 2.75) is 43.9 Å². The van der Waals surface area contributed by atoms with E-state index in [4.69, 9.17) is 9.84 Å². The van der Waals surface area contributed by atoms with Crippen molar-refractivity contribution in [2.24, 2.45) is 0 Å². The maximum Gasteiger partial charge on any atom is 0.332 e. The summed E-state index contributed by atoms with van der Waals surface area (Å²) in [7, 11) is 0. The van der Waals surface area contributed by atoms with Gasteiger partial charge in [-0.2, -0.15) is 0 Å². The normalized spacial score (nSPS) is 34.5. The highest BCUT2D eigenvalue weighted by molar-refractivity contribution is 5.72. The highest BCUT2D eigenvalue weighted by Crippen LogP contribution is 2.23. The molecule has 4 nitrogen and oxygen atoms in total. The fourth-order valence-corrected chi connectivity index (χ4v) is 1.70. The monoisotopic (exact) mass is 185 g/mol. The first-order valence-electron chi connectivity index (χ1n) is 4.86. The van der Waals surface area contributed by atoms with E-state index in [0.717, 1.165) is 6.42 Å². The van der Waals surface area contributed by atoms with Crippen LogP contribution in [0.3, 0.4) is 0 Å². The summed E-state index contributed by atoms with van der Waals surface area (Å²) in [4.78, 5) is 10.6. The van der Waals surface area contributed by atoms with Crippen molar-refractivity contribution >= 4 is 5.97 Å². The Bertz CT molecular complexity index is 203. The van der Waals surface area contributed by atoms with Gasteiger partial charge in [0.1, 0.15) is 0 Å². The van der Waals surface area contributed by atoms with Gasteiger partial charge in [-0.05, 0) is 25.7 Å². The van der Waals surface area contributed by atoms with Crippen molar-refractivity contribution in [1.82, 2.24) is 5.32 Å². The first-order valence-corrected chi connectivity index (χ1v) is 4.86. The molecule has 2 atom stereocenters. The molecule has 1 saturated heterocycles. The molecule has 0 spiro atoms. The van der Waals surface area contributed by atoms with Crippen molar-refractivity contribution in [3.8, 4) is 0 Å². The number of rotatable bonds is 3. The second kappa shape index (κ2) is 3.64. The Morgan fingerprint density at radius 3 is 2.69 bits per heavy atom. The zero-order chi connectivity index (χ0) is 9.26. The summed E-state index contributed by atoms with van der Waals surface area (Å²) >= 11 is 0. The second-order valence-corrected chi connectivity index (χ2v) is 3.86. The maximum absolute atomic E-state index is 10.6. The number of aliphatic carboxylic acids is 1. The predicted molar refractivity (Wildman–Crippen MR) is 46.6 cm³/mol. The lowest BCUT2D eigenvalue weighted by Gasteiger charge is -2.27. The van der Waals surface area contributed by atoms with Gasteiger partial charge in [0, 0.05) is 18.7 Å². The number of nitrogens with one attached hydrogen (secondary N) is 1. The van der Waals surface area contributed by atoms with Gasteiger partial charge in [0.25, 0.3) is 0 Å². The summed E-state index contributed by atoms with van der Waals surface area (Å²) in [6, 6.07) is 1.000. The Kier molecular flexibility index (Phi) is 2.51. The van der Waals surface area contributed by atoms with E-state index in [1.807, 2.05) is 0 Å². The minimum atomic E-state index is -0.831. The largest absolute Gasteiger partial charge is 0.479 e. The van der Waals surface area contributed by atoms with E-state index >= 15 is 0 Å². The number of hydrogen-bond donors (Lipinski definition) is 2. The lowest BCUT2D eigenvalue weighted by atomic mass is 10.0. The topological polar surface area (TPSA) is 58.6 Å². The highest BCUT2D eigenvalue weighted by atomic mass is 16.5. The van der Waals surface area contributed by atoms with Crippen LogP contribution in [0.2, 0.25) is 0 Å². The third kappa shape index (κ3) is 2.42. The molecule has 1 aliphatic heterocycles. The molecular formula is C9H15NO3. The lowest BCUT2D eigenvalue weighted by molar-refractivity contribution is -0.154. The van der Waals surface area contributed by atoms with Crippen LogP contribution in [0.4, 0.5) is 0 Å². The van der Waals surface area contributed by atoms with Crippen molar-refractivity contribution in [2.75, 3.05) is 6.61 Å². The maximum atomic E-state index is 10.6. The number of carbonyl (C=O) groups is 1. The minimum absolute atomic E-state index is 0.349. The van der Waals surface area contributed by atoms with Crippen LogP contribution in [0.1, 0.15) is 25.7 Å². The van der Waals surface area contributed by atoms with Crippen LogP contribution in [0.15, 0.2) is 0 Å². The molecule has 0 aromatic heterocycles. The van der Waals surface area contributed by atoms with Crippen LogP contribution in [-0.4, -0.2) is 35.9 Å². The Hall–Kier alpha value is -0.610. The molecule has 1 aliphatic carbocycles. The summed E-state index contributed by atoms with van der Waals surface area (Å²) in [6.45, 7) is 0.571. The number of ether oxygens (including phenoxy) is 1. The molecule has 4 heteroatoms. The molecule has 1 heterocycles. The standard InChI is InChI=1S/C9H15NO3/c11-9(12)8-5-7(3-4-13-8)10-6-1-2-6/h6-8,10H,1-5H2,(H,11,12). The van der Waals surface area contributed by atoms with Gasteiger partial charge in [0.05, 0.1) is 0 Å². The Labute approximate surface area is 77.3 Å². The molecule has 2 aliphatic rings. The average molecular weight is 185 g/mol. The van der Waals surface area contributed by atoms with Gasteiger partial charge in [-0.15, -0.1) is 0 Å². The van der Waals surface area contributed by atoms with Crippen molar-refractivity contribution in [3.05, 3.63) is 0 Å². The fourth-order valence-electron chi connectivity index (χ4n) is 1.70. The van der Waals surface area contributed by atoms with Crippen molar-refractivity contribution < 1.29 is 14.6 Å². The molecule has 74 valence electrons. The molecule has 2 rings (SSSR count). The average Bonchev–Trinajstić information content (AvgIpc) is 2.89. The van der Waals surface area contributed by atoms with Crippen molar-refractivity contribution in [3.63, 3.8) is 0 Å². The van der Waals surface area contributed by atoms with Crippen molar-refractivity contribution in [1.29, 1.82) is 0 Å². The van der Waals surface area contributed by atoms with E-state index in [1.165, 1.54) is 12.8 Å². The molecule has 1 saturated carbocycles. The van der Waals surface area contributed by atoms with Crippen LogP contribution < -0.4 is 5.32 Å². The Morgan fingerprint density at radius 1 is 1.31 bits per heavy atom. The van der Waals surface area contributed by atoms with E-state index in [1.54, 1.807) is 0 Å². The number of hydrogen-bond acceptors (Lipinski definition) is 3. The summed E-state index contributed by atoms with van der Waals surface area (Å²) in [5, 5.41) is 12.2. The van der Waals surface area contributed by atoms with E-state index in [9.17, 15) is 4.79 Å². The number of carboxylic acid groups (broad SMARTS) is 1. The van der Waals surface area contributed by atoms with E-state index in [-0.39, 0.29) is 0 Å². The second-order valence-electron chi connectivity index (χ2n) is 3.86. The van der Waals surface area contributed by atoms with Gasteiger partial charge in [0.15, 0.2) is 6.10 Å². The summed E-state index contributed by atoms with van der Waals surface area (Å²) < 4.78 is 5.13. The van der Waals surface area contributed by atoms with Gasteiger partial charge in [0.2, 0.25) is 0 Å². The van der Waals surface area contributed by atoms with Gasteiger partial charge in [-0.1, -0.05) is 0 Å². The summed E-state index contributed by atoms with van der Waals surface area (Å²) in [5.41, 5.74) is 0. The van der Waals surface area contributed by atoms with Gasteiger partial charge < -0.3 is 15.2 Å². The molecule has 2 N–H and O–H groups in total. The first-order chi connectivity index (χ1) is 6.25. The summed E-state index contributed by atoms with van der Waals surface area (Å²) in [6.07, 6.45) is 3.46. The molecule has 13 heavy (non-hydrogen) atoms. The summed E-state index contributed by atoms with van der Waals surface area (Å²) in [5.74, 6) is -0.831. The molecular weight excluding hydrogens is 170 g/mol.